The Morgan fingerprint density at radius 3 is 2.65 bits per heavy atom. The number of nitrogens with one attached hydrogen (secondary N) is 2. The van der Waals surface area contributed by atoms with Gasteiger partial charge in [-0.05, 0) is 31.0 Å². The number of carbonyl (C=O) groups is 1. The van der Waals surface area contributed by atoms with E-state index in [1.54, 1.807) is 44.7 Å². The summed E-state index contributed by atoms with van der Waals surface area (Å²) in [5, 5.41) is 6.16. The molecule has 26 heavy (non-hydrogen) atoms. The molecule has 0 bridgehead atoms. The highest BCUT2D eigenvalue weighted by Gasteiger charge is 2.16. The average molecular weight is 356 g/mol. The molecule has 0 spiro atoms. The first-order valence-electron chi connectivity index (χ1n) is 8.82. The number of rotatable bonds is 6. The molecule has 2 N–H and O–H groups in total. The maximum Gasteiger partial charge on any atom is 0.274 e. The molecule has 1 aliphatic rings. The summed E-state index contributed by atoms with van der Waals surface area (Å²) in [6.07, 6.45) is 7.54. The van der Waals surface area contributed by atoms with Crippen LogP contribution in [0.1, 0.15) is 42.6 Å². The van der Waals surface area contributed by atoms with Gasteiger partial charge in [-0.3, -0.25) is 4.79 Å². The minimum absolute atomic E-state index is 0.302. The van der Waals surface area contributed by atoms with Crippen LogP contribution in [-0.2, 0) is 0 Å². The molecule has 1 amide bonds. The van der Waals surface area contributed by atoms with Gasteiger partial charge in [0.05, 0.1) is 19.9 Å². The molecule has 1 saturated carbocycles. The van der Waals surface area contributed by atoms with Crippen molar-refractivity contribution in [2.75, 3.05) is 24.9 Å². The number of benzene rings is 1. The Balaban J connectivity index is 1.70. The molecule has 0 unspecified atom stereocenters. The van der Waals surface area contributed by atoms with E-state index < -0.39 is 0 Å². The van der Waals surface area contributed by atoms with E-state index in [1.807, 2.05) is 0 Å². The summed E-state index contributed by atoms with van der Waals surface area (Å²) in [7, 11) is 3.12. The minimum Gasteiger partial charge on any atom is -0.497 e. The Bertz CT molecular complexity index is 760. The van der Waals surface area contributed by atoms with E-state index in [-0.39, 0.29) is 5.91 Å². The largest absolute Gasteiger partial charge is 0.497 e. The van der Waals surface area contributed by atoms with Gasteiger partial charge in [-0.1, -0.05) is 19.3 Å². The van der Waals surface area contributed by atoms with E-state index >= 15 is 0 Å². The van der Waals surface area contributed by atoms with Crippen molar-refractivity contribution in [3.8, 4) is 11.5 Å². The van der Waals surface area contributed by atoms with Crippen molar-refractivity contribution >= 4 is 17.5 Å². The summed E-state index contributed by atoms with van der Waals surface area (Å²) in [6.45, 7) is 0. The third kappa shape index (κ3) is 4.41. The predicted molar refractivity (Wildman–Crippen MR) is 100 cm³/mol. The Kier molecular flexibility index (Phi) is 5.88. The number of hydrogen-bond acceptors (Lipinski definition) is 6. The van der Waals surface area contributed by atoms with E-state index in [2.05, 4.69) is 20.6 Å². The lowest BCUT2D eigenvalue weighted by Crippen LogP contribution is -2.24. The van der Waals surface area contributed by atoms with Crippen LogP contribution in [0.3, 0.4) is 0 Å². The molecule has 0 aliphatic heterocycles. The molecule has 3 rings (SSSR count). The molecule has 1 aliphatic carbocycles. The number of methoxy groups -OCH3 is 2. The normalized spacial score (nSPS) is 14.5. The lowest BCUT2D eigenvalue weighted by molar-refractivity contribution is 0.102. The first kappa shape index (κ1) is 18.0. The zero-order valence-corrected chi connectivity index (χ0v) is 15.1. The third-order valence-corrected chi connectivity index (χ3v) is 4.48. The molecule has 1 fully saturated rings. The van der Waals surface area contributed by atoms with Crippen LogP contribution in [0.4, 0.5) is 11.6 Å². The summed E-state index contributed by atoms with van der Waals surface area (Å²) < 4.78 is 10.5. The van der Waals surface area contributed by atoms with Gasteiger partial charge >= 0.3 is 0 Å². The van der Waals surface area contributed by atoms with Crippen LogP contribution < -0.4 is 20.1 Å². The maximum absolute atomic E-state index is 12.6. The molecule has 138 valence electrons. The van der Waals surface area contributed by atoms with Crippen molar-refractivity contribution in [1.29, 1.82) is 0 Å². The Labute approximate surface area is 153 Å². The number of ether oxygens (including phenoxy) is 2. The molecule has 7 nitrogen and oxygen atoms in total. The maximum atomic E-state index is 12.6. The predicted octanol–water partition coefficient (Wildman–Crippen LogP) is 3.49. The fraction of sp³-hybridized carbons (Fsp3) is 0.421. The highest BCUT2D eigenvalue weighted by Crippen LogP contribution is 2.29. The minimum atomic E-state index is -0.317. The second-order valence-corrected chi connectivity index (χ2v) is 6.27. The molecular weight excluding hydrogens is 332 g/mol. The summed E-state index contributed by atoms with van der Waals surface area (Å²) in [5.41, 5.74) is 0.856. The van der Waals surface area contributed by atoms with Gasteiger partial charge in [0.15, 0.2) is 0 Å². The van der Waals surface area contributed by atoms with Gasteiger partial charge in [-0.25, -0.2) is 9.97 Å². The number of nitrogens with zero attached hydrogens (tertiary/aromatic N) is 2. The Hall–Kier alpha value is -2.83. The number of aromatic nitrogens is 2. The molecule has 0 radical (unpaired) electrons. The fourth-order valence-corrected chi connectivity index (χ4v) is 3.07. The Morgan fingerprint density at radius 1 is 1.12 bits per heavy atom. The highest BCUT2D eigenvalue weighted by atomic mass is 16.5. The van der Waals surface area contributed by atoms with Crippen molar-refractivity contribution in [2.24, 2.45) is 0 Å². The molecule has 1 aromatic carbocycles. The van der Waals surface area contributed by atoms with Gasteiger partial charge < -0.3 is 20.1 Å². The standard InChI is InChI=1S/C19H24N4O3/c1-25-14-8-9-15(17(12-14)26-2)22-18(24)16-10-11-20-19(23-16)21-13-6-4-3-5-7-13/h8-13H,3-7H2,1-2H3,(H,22,24)(H,20,21,23). The van der Waals surface area contributed by atoms with Crippen LogP contribution in [0, 0.1) is 0 Å². The van der Waals surface area contributed by atoms with Crippen LogP contribution in [0.15, 0.2) is 30.5 Å². The number of carbonyl (C=O) groups excluding carboxylic acids is 1. The number of anilines is 2. The second-order valence-electron chi connectivity index (χ2n) is 6.27. The van der Waals surface area contributed by atoms with Gasteiger partial charge in [-0.15, -0.1) is 0 Å². The molecule has 1 heterocycles. The van der Waals surface area contributed by atoms with Gasteiger partial charge in [0.25, 0.3) is 5.91 Å². The van der Waals surface area contributed by atoms with Gasteiger partial charge in [0.2, 0.25) is 5.95 Å². The topological polar surface area (TPSA) is 85.4 Å². The van der Waals surface area contributed by atoms with Crippen molar-refractivity contribution in [2.45, 2.75) is 38.1 Å². The summed E-state index contributed by atoms with van der Waals surface area (Å²) in [5.74, 6) is 1.35. The van der Waals surface area contributed by atoms with Crippen molar-refractivity contribution in [1.82, 2.24) is 9.97 Å². The van der Waals surface area contributed by atoms with Crippen LogP contribution in [0.2, 0.25) is 0 Å². The molecule has 2 aromatic rings. The van der Waals surface area contributed by atoms with E-state index in [1.165, 1.54) is 19.3 Å². The van der Waals surface area contributed by atoms with Crippen LogP contribution in [0.25, 0.3) is 0 Å². The molecule has 1 aromatic heterocycles. The lowest BCUT2D eigenvalue weighted by atomic mass is 9.96. The number of amides is 1. The van der Waals surface area contributed by atoms with Crippen molar-refractivity contribution in [3.05, 3.63) is 36.2 Å². The van der Waals surface area contributed by atoms with Crippen molar-refractivity contribution < 1.29 is 14.3 Å². The van der Waals surface area contributed by atoms with Crippen LogP contribution in [0.5, 0.6) is 11.5 Å². The lowest BCUT2D eigenvalue weighted by Gasteiger charge is -2.22. The van der Waals surface area contributed by atoms with E-state index in [0.29, 0.717) is 34.9 Å². The average Bonchev–Trinajstić information content (AvgIpc) is 2.69. The second kappa shape index (κ2) is 8.51. The van der Waals surface area contributed by atoms with Gasteiger partial charge in [0.1, 0.15) is 17.2 Å². The van der Waals surface area contributed by atoms with Crippen molar-refractivity contribution in [3.63, 3.8) is 0 Å². The summed E-state index contributed by atoms with van der Waals surface area (Å²) in [4.78, 5) is 21.2. The smallest absolute Gasteiger partial charge is 0.274 e. The molecule has 0 saturated heterocycles. The summed E-state index contributed by atoms with van der Waals surface area (Å²) in [6, 6.07) is 7.18. The highest BCUT2D eigenvalue weighted by molar-refractivity contribution is 6.03. The van der Waals surface area contributed by atoms with E-state index in [9.17, 15) is 4.79 Å². The quantitative estimate of drug-likeness (QED) is 0.824. The van der Waals surface area contributed by atoms with E-state index in [0.717, 1.165) is 12.8 Å². The fourth-order valence-electron chi connectivity index (χ4n) is 3.07. The van der Waals surface area contributed by atoms with Gasteiger partial charge in [0, 0.05) is 18.3 Å². The van der Waals surface area contributed by atoms with Gasteiger partial charge in [-0.2, -0.15) is 0 Å². The molecular formula is C19H24N4O3. The van der Waals surface area contributed by atoms with Crippen LogP contribution >= 0.6 is 0 Å². The SMILES string of the molecule is COc1ccc(NC(=O)c2ccnc(NC3CCCCC3)n2)c(OC)c1. The first-order valence-corrected chi connectivity index (χ1v) is 8.82. The first-order chi connectivity index (χ1) is 12.7. The monoisotopic (exact) mass is 356 g/mol. The third-order valence-electron chi connectivity index (χ3n) is 4.48. The zero-order valence-electron chi connectivity index (χ0n) is 15.1. The molecule has 0 atom stereocenters. The molecule has 7 heteroatoms. The zero-order chi connectivity index (χ0) is 18.4. The van der Waals surface area contributed by atoms with E-state index in [4.69, 9.17) is 9.47 Å². The summed E-state index contributed by atoms with van der Waals surface area (Å²) >= 11 is 0. The number of hydrogen-bond donors (Lipinski definition) is 2. The Morgan fingerprint density at radius 2 is 1.92 bits per heavy atom. The van der Waals surface area contributed by atoms with Crippen LogP contribution in [-0.4, -0.2) is 36.1 Å².